The van der Waals surface area contributed by atoms with E-state index in [0.29, 0.717) is 5.95 Å². The number of nitrogens with zero attached hydrogens (tertiary/aromatic N) is 3. The number of fused-ring (bicyclic) bond motifs is 7. The molecule has 6 aromatic carbocycles. The molecule has 9 rings (SSSR count). The van der Waals surface area contributed by atoms with Crippen LogP contribution < -0.4 is 0 Å². The van der Waals surface area contributed by atoms with E-state index in [1.54, 1.807) is 0 Å². The summed E-state index contributed by atoms with van der Waals surface area (Å²) in [5.41, 5.74) is 11.4. The number of aromatic nitrogens is 3. The summed E-state index contributed by atoms with van der Waals surface area (Å²) in [4.78, 5) is 10.6. The maximum Gasteiger partial charge on any atom is 0.235 e. The maximum absolute atomic E-state index is 5.30. The van der Waals surface area contributed by atoms with Gasteiger partial charge in [0.2, 0.25) is 5.95 Å². The Morgan fingerprint density at radius 1 is 0.477 bits per heavy atom. The molecule has 1 aliphatic rings. The van der Waals surface area contributed by atoms with E-state index in [-0.39, 0.29) is 5.41 Å². The fraction of sp³-hybridized carbons (Fsp3) is 0.0732. The van der Waals surface area contributed by atoms with Crippen molar-refractivity contribution in [3.8, 4) is 39.6 Å². The quantitative estimate of drug-likeness (QED) is 0.214. The van der Waals surface area contributed by atoms with Crippen molar-refractivity contribution in [3.63, 3.8) is 0 Å². The lowest BCUT2D eigenvalue weighted by Crippen LogP contribution is -2.15. The summed E-state index contributed by atoms with van der Waals surface area (Å²) in [7, 11) is 0. The van der Waals surface area contributed by atoms with Crippen LogP contribution in [-0.2, 0) is 5.41 Å². The Balaban J connectivity index is 1.35. The molecule has 0 spiro atoms. The summed E-state index contributed by atoms with van der Waals surface area (Å²) in [6.45, 7) is 4.67. The van der Waals surface area contributed by atoms with Crippen molar-refractivity contribution in [3.05, 3.63) is 151 Å². The number of benzene rings is 6. The second-order valence-corrected chi connectivity index (χ2v) is 12.3. The van der Waals surface area contributed by atoms with Gasteiger partial charge in [0, 0.05) is 27.3 Å². The van der Waals surface area contributed by atoms with Crippen LogP contribution >= 0.6 is 0 Å². The van der Waals surface area contributed by atoms with Gasteiger partial charge in [0.25, 0.3) is 0 Å². The monoisotopic (exact) mass is 563 g/mol. The summed E-state index contributed by atoms with van der Waals surface area (Å²) < 4.78 is 2.26. The third kappa shape index (κ3) is 3.62. The van der Waals surface area contributed by atoms with E-state index >= 15 is 0 Å². The first-order valence-corrected chi connectivity index (χ1v) is 15.2. The van der Waals surface area contributed by atoms with Gasteiger partial charge in [0.1, 0.15) is 0 Å². The average molecular weight is 564 g/mol. The van der Waals surface area contributed by atoms with Gasteiger partial charge in [-0.3, -0.25) is 4.57 Å². The van der Waals surface area contributed by atoms with Crippen molar-refractivity contribution in [2.45, 2.75) is 19.3 Å². The molecule has 1 aliphatic carbocycles. The molecule has 3 heteroatoms. The lowest BCUT2D eigenvalue weighted by molar-refractivity contribution is 0.661. The molecule has 0 radical (unpaired) electrons. The summed E-state index contributed by atoms with van der Waals surface area (Å²) >= 11 is 0. The van der Waals surface area contributed by atoms with E-state index in [0.717, 1.165) is 33.5 Å². The molecule has 0 saturated carbocycles. The molecule has 2 heterocycles. The SMILES string of the molecule is CC1(C)c2ccccc2-c2cc3c4ccccc4n(-c4nc(-c5ccccc5)cc(-c5ccc6ccccc6c5)n4)c3cc21. The van der Waals surface area contributed by atoms with Gasteiger partial charge in [0.15, 0.2) is 0 Å². The molecule has 0 N–H and O–H groups in total. The van der Waals surface area contributed by atoms with Crippen LogP contribution in [0.15, 0.2) is 140 Å². The van der Waals surface area contributed by atoms with Crippen LogP contribution in [0, 0.1) is 0 Å². The minimum atomic E-state index is -0.107. The van der Waals surface area contributed by atoms with Crippen molar-refractivity contribution in [2.24, 2.45) is 0 Å². The normalized spacial score (nSPS) is 13.4. The van der Waals surface area contributed by atoms with E-state index in [1.165, 1.54) is 43.8 Å². The molecular weight excluding hydrogens is 534 g/mol. The Morgan fingerprint density at radius 3 is 2.05 bits per heavy atom. The Kier molecular flexibility index (Phi) is 5.24. The molecule has 2 aromatic heterocycles. The van der Waals surface area contributed by atoms with Crippen molar-refractivity contribution in [1.82, 2.24) is 14.5 Å². The largest absolute Gasteiger partial charge is 0.278 e. The molecule has 0 unspecified atom stereocenters. The molecular formula is C41H29N3. The first-order chi connectivity index (χ1) is 21.6. The predicted octanol–water partition coefficient (Wildman–Crippen LogP) is 10.4. The second kappa shape index (κ2) is 9.23. The number of hydrogen-bond acceptors (Lipinski definition) is 2. The van der Waals surface area contributed by atoms with Crippen LogP contribution in [0.1, 0.15) is 25.0 Å². The second-order valence-electron chi connectivity index (χ2n) is 12.3. The van der Waals surface area contributed by atoms with Gasteiger partial charge < -0.3 is 0 Å². The third-order valence-electron chi connectivity index (χ3n) is 9.40. The smallest absolute Gasteiger partial charge is 0.235 e. The molecule has 0 bridgehead atoms. The topological polar surface area (TPSA) is 30.7 Å². The lowest BCUT2D eigenvalue weighted by atomic mass is 9.82. The highest BCUT2D eigenvalue weighted by Gasteiger charge is 2.36. The Bertz CT molecular complexity index is 2410. The first kappa shape index (κ1) is 25.0. The molecule has 0 saturated heterocycles. The zero-order chi connectivity index (χ0) is 29.4. The highest BCUT2D eigenvalue weighted by atomic mass is 15.2. The van der Waals surface area contributed by atoms with Gasteiger partial charge in [0.05, 0.1) is 22.4 Å². The number of rotatable bonds is 3. The zero-order valence-electron chi connectivity index (χ0n) is 24.6. The van der Waals surface area contributed by atoms with Crippen LogP contribution in [0.5, 0.6) is 0 Å². The van der Waals surface area contributed by atoms with Gasteiger partial charge in [-0.1, -0.05) is 123 Å². The van der Waals surface area contributed by atoms with Gasteiger partial charge in [-0.15, -0.1) is 0 Å². The molecule has 0 fully saturated rings. The molecule has 8 aromatic rings. The minimum absolute atomic E-state index is 0.107. The number of hydrogen-bond donors (Lipinski definition) is 0. The molecule has 3 nitrogen and oxygen atoms in total. The highest BCUT2D eigenvalue weighted by Crippen LogP contribution is 2.50. The molecule has 0 amide bonds. The summed E-state index contributed by atoms with van der Waals surface area (Å²) in [5.74, 6) is 0.675. The standard InChI is InChI=1S/C41H29N3/c1-41(2)34-18-10-8-16-30(34)32-23-33-31-17-9-11-19-38(31)44(39(33)24-35(32)41)40-42-36(27-13-4-3-5-14-27)25-37(43-40)29-21-20-26-12-6-7-15-28(26)22-29/h3-25H,1-2H3. The van der Waals surface area contributed by atoms with E-state index in [2.05, 4.69) is 152 Å². The van der Waals surface area contributed by atoms with Gasteiger partial charge in [-0.2, -0.15) is 0 Å². The van der Waals surface area contributed by atoms with Crippen molar-refractivity contribution in [2.75, 3.05) is 0 Å². The Morgan fingerprint density at radius 2 is 1.18 bits per heavy atom. The van der Waals surface area contributed by atoms with Gasteiger partial charge in [-0.05, 0) is 63.4 Å². The van der Waals surface area contributed by atoms with Crippen molar-refractivity contribution < 1.29 is 0 Å². The van der Waals surface area contributed by atoms with E-state index in [1.807, 2.05) is 6.07 Å². The molecule has 44 heavy (non-hydrogen) atoms. The first-order valence-electron chi connectivity index (χ1n) is 15.2. The van der Waals surface area contributed by atoms with Gasteiger partial charge in [-0.25, -0.2) is 9.97 Å². The summed E-state index contributed by atoms with van der Waals surface area (Å²) in [5, 5.41) is 4.83. The fourth-order valence-corrected chi connectivity index (χ4v) is 7.17. The maximum atomic E-state index is 5.30. The Hall–Kier alpha value is -5.54. The van der Waals surface area contributed by atoms with Crippen LogP contribution in [0.3, 0.4) is 0 Å². The molecule has 208 valence electrons. The number of para-hydroxylation sites is 1. The van der Waals surface area contributed by atoms with Gasteiger partial charge >= 0.3 is 0 Å². The van der Waals surface area contributed by atoms with Crippen molar-refractivity contribution >= 4 is 32.6 Å². The summed E-state index contributed by atoms with van der Waals surface area (Å²) in [6, 6.07) is 49.8. The molecule has 0 atom stereocenters. The zero-order valence-corrected chi connectivity index (χ0v) is 24.6. The van der Waals surface area contributed by atoms with E-state index in [4.69, 9.17) is 9.97 Å². The third-order valence-corrected chi connectivity index (χ3v) is 9.40. The summed E-state index contributed by atoms with van der Waals surface area (Å²) in [6.07, 6.45) is 0. The molecule has 0 aliphatic heterocycles. The lowest BCUT2D eigenvalue weighted by Gasteiger charge is -2.21. The predicted molar refractivity (Wildman–Crippen MR) is 182 cm³/mol. The fourth-order valence-electron chi connectivity index (χ4n) is 7.17. The highest BCUT2D eigenvalue weighted by molar-refractivity contribution is 6.11. The van der Waals surface area contributed by atoms with Crippen molar-refractivity contribution in [1.29, 1.82) is 0 Å². The Labute approximate surface area is 256 Å². The van der Waals surface area contributed by atoms with Crippen LogP contribution in [0.25, 0.3) is 72.2 Å². The van der Waals surface area contributed by atoms with E-state index < -0.39 is 0 Å². The van der Waals surface area contributed by atoms with Crippen LogP contribution in [0.2, 0.25) is 0 Å². The van der Waals surface area contributed by atoms with Crippen LogP contribution in [0.4, 0.5) is 0 Å². The van der Waals surface area contributed by atoms with E-state index in [9.17, 15) is 0 Å². The average Bonchev–Trinajstić information content (AvgIpc) is 3.52. The van der Waals surface area contributed by atoms with Crippen LogP contribution in [-0.4, -0.2) is 14.5 Å². The minimum Gasteiger partial charge on any atom is -0.278 e.